The lowest BCUT2D eigenvalue weighted by molar-refractivity contribution is -0.120. The quantitative estimate of drug-likeness (QED) is 0.840. The molecule has 1 aliphatic rings. The van der Waals surface area contributed by atoms with Crippen molar-refractivity contribution in [3.8, 4) is 5.88 Å². The maximum Gasteiger partial charge on any atom is 0.248 e. The fourth-order valence-corrected chi connectivity index (χ4v) is 2.95. The maximum absolute atomic E-state index is 12.6. The van der Waals surface area contributed by atoms with Crippen molar-refractivity contribution in [3.63, 3.8) is 0 Å². The summed E-state index contributed by atoms with van der Waals surface area (Å²) in [5, 5.41) is 11.0. The molecule has 3 rings (SSSR count). The van der Waals surface area contributed by atoms with E-state index in [9.17, 15) is 9.59 Å². The van der Waals surface area contributed by atoms with Crippen LogP contribution in [0.2, 0.25) is 0 Å². The van der Waals surface area contributed by atoms with Crippen LogP contribution in [0.1, 0.15) is 23.2 Å². The molecular formula is C18H21N5O3. The fourth-order valence-electron chi connectivity index (χ4n) is 2.95. The number of benzene rings is 1. The number of amides is 2. The largest absolute Gasteiger partial charge is 0.480 e. The van der Waals surface area contributed by atoms with Gasteiger partial charge in [-0.05, 0) is 43.2 Å². The van der Waals surface area contributed by atoms with Crippen LogP contribution in [0.5, 0.6) is 5.88 Å². The summed E-state index contributed by atoms with van der Waals surface area (Å²) >= 11 is 0. The van der Waals surface area contributed by atoms with E-state index in [1.807, 2.05) is 6.07 Å². The van der Waals surface area contributed by atoms with Crippen molar-refractivity contribution in [2.24, 2.45) is 11.7 Å². The Morgan fingerprint density at radius 3 is 2.58 bits per heavy atom. The molecule has 1 aromatic carbocycles. The third kappa shape index (κ3) is 4.08. The van der Waals surface area contributed by atoms with Gasteiger partial charge in [0, 0.05) is 30.4 Å². The van der Waals surface area contributed by atoms with Crippen molar-refractivity contribution in [1.82, 2.24) is 10.2 Å². The SMILES string of the molecule is COc1ccc(N2CCCC(C(=O)Nc3ccc(C(N)=O)cc3)C2)nn1. The number of hydrogen-bond acceptors (Lipinski definition) is 6. The highest BCUT2D eigenvalue weighted by molar-refractivity contribution is 5.95. The van der Waals surface area contributed by atoms with Crippen LogP contribution in [0, 0.1) is 5.92 Å². The first kappa shape index (κ1) is 17.7. The number of piperidine rings is 1. The Labute approximate surface area is 151 Å². The highest BCUT2D eigenvalue weighted by Crippen LogP contribution is 2.23. The summed E-state index contributed by atoms with van der Waals surface area (Å²) in [7, 11) is 1.54. The van der Waals surface area contributed by atoms with Gasteiger partial charge in [0.25, 0.3) is 0 Å². The summed E-state index contributed by atoms with van der Waals surface area (Å²) in [5.41, 5.74) is 6.27. The normalized spacial score (nSPS) is 16.8. The molecular weight excluding hydrogens is 334 g/mol. The van der Waals surface area contributed by atoms with Gasteiger partial charge >= 0.3 is 0 Å². The van der Waals surface area contributed by atoms with Crippen LogP contribution in [-0.2, 0) is 4.79 Å². The monoisotopic (exact) mass is 355 g/mol. The minimum absolute atomic E-state index is 0.0528. The molecule has 2 heterocycles. The highest BCUT2D eigenvalue weighted by atomic mass is 16.5. The Morgan fingerprint density at radius 1 is 1.19 bits per heavy atom. The second kappa shape index (κ2) is 7.81. The van der Waals surface area contributed by atoms with Crippen molar-refractivity contribution in [2.45, 2.75) is 12.8 Å². The molecule has 0 bridgehead atoms. The standard InChI is InChI=1S/C18H21N5O3/c1-26-16-9-8-15(21-22-16)23-10-2-3-13(11-23)18(25)20-14-6-4-12(5-7-14)17(19)24/h4-9,13H,2-3,10-11H2,1H3,(H2,19,24)(H,20,25). The van der Waals surface area contributed by atoms with Crippen LogP contribution in [0.15, 0.2) is 36.4 Å². The summed E-state index contributed by atoms with van der Waals surface area (Å²) in [6.07, 6.45) is 1.71. The Kier molecular flexibility index (Phi) is 5.31. The van der Waals surface area contributed by atoms with E-state index in [4.69, 9.17) is 10.5 Å². The number of methoxy groups -OCH3 is 1. The molecule has 1 aliphatic heterocycles. The topological polar surface area (TPSA) is 110 Å². The summed E-state index contributed by atoms with van der Waals surface area (Å²) in [6.45, 7) is 1.41. The van der Waals surface area contributed by atoms with Gasteiger partial charge in [0.2, 0.25) is 17.7 Å². The minimum Gasteiger partial charge on any atom is -0.480 e. The molecule has 1 fully saturated rings. The first-order chi connectivity index (χ1) is 12.6. The summed E-state index contributed by atoms with van der Waals surface area (Å²) in [6, 6.07) is 10.1. The average Bonchev–Trinajstić information content (AvgIpc) is 2.68. The predicted molar refractivity (Wildman–Crippen MR) is 97.1 cm³/mol. The van der Waals surface area contributed by atoms with E-state index >= 15 is 0 Å². The molecule has 0 radical (unpaired) electrons. The zero-order valence-corrected chi connectivity index (χ0v) is 14.5. The molecule has 3 N–H and O–H groups in total. The van der Waals surface area contributed by atoms with Crippen LogP contribution < -0.4 is 20.7 Å². The van der Waals surface area contributed by atoms with E-state index in [0.717, 1.165) is 25.2 Å². The molecule has 136 valence electrons. The number of primary amides is 1. The third-order valence-electron chi connectivity index (χ3n) is 4.39. The van der Waals surface area contributed by atoms with Gasteiger partial charge < -0.3 is 20.7 Å². The van der Waals surface area contributed by atoms with E-state index in [2.05, 4.69) is 20.4 Å². The third-order valence-corrected chi connectivity index (χ3v) is 4.39. The Bertz CT molecular complexity index is 776. The Balaban J connectivity index is 1.62. The number of ether oxygens (including phenoxy) is 1. The van der Waals surface area contributed by atoms with Crippen molar-refractivity contribution in [1.29, 1.82) is 0 Å². The number of carbonyl (C=O) groups is 2. The summed E-state index contributed by atoms with van der Waals surface area (Å²) in [5.74, 6) is 0.492. The molecule has 0 spiro atoms. The smallest absolute Gasteiger partial charge is 0.248 e. The lowest BCUT2D eigenvalue weighted by Gasteiger charge is -2.32. The molecule has 8 nitrogen and oxygen atoms in total. The molecule has 1 unspecified atom stereocenters. The Hall–Kier alpha value is -3.16. The fraction of sp³-hybridized carbons (Fsp3) is 0.333. The average molecular weight is 355 g/mol. The van der Waals surface area contributed by atoms with Gasteiger partial charge in [-0.3, -0.25) is 9.59 Å². The van der Waals surface area contributed by atoms with Crippen molar-refractivity contribution >= 4 is 23.3 Å². The number of nitrogens with one attached hydrogen (secondary N) is 1. The number of carbonyl (C=O) groups excluding carboxylic acids is 2. The lowest BCUT2D eigenvalue weighted by atomic mass is 9.97. The zero-order valence-electron chi connectivity index (χ0n) is 14.5. The van der Waals surface area contributed by atoms with E-state index < -0.39 is 5.91 Å². The maximum atomic E-state index is 12.6. The molecule has 1 aromatic heterocycles. The number of nitrogens with zero attached hydrogens (tertiary/aromatic N) is 3. The van der Waals surface area contributed by atoms with Crippen LogP contribution in [0.25, 0.3) is 0 Å². The molecule has 26 heavy (non-hydrogen) atoms. The second-order valence-electron chi connectivity index (χ2n) is 6.15. The van der Waals surface area contributed by atoms with E-state index in [-0.39, 0.29) is 11.8 Å². The first-order valence-electron chi connectivity index (χ1n) is 8.40. The minimum atomic E-state index is -0.494. The first-order valence-corrected chi connectivity index (χ1v) is 8.40. The molecule has 2 aromatic rings. The molecule has 2 amide bonds. The van der Waals surface area contributed by atoms with Gasteiger partial charge in [-0.1, -0.05) is 0 Å². The molecule has 0 aliphatic carbocycles. The zero-order chi connectivity index (χ0) is 18.5. The van der Waals surface area contributed by atoms with Crippen LogP contribution in [-0.4, -0.2) is 42.2 Å². The van der Waals surface area contributed by atoms with Gasteiger partial charge in [0.05, 0.1) is 13.0 Å². The second-order valence-corrected chi connectivity index (χ2v) is 6.15. The van der Waals surface area contributed by atoms with E-state index in [0.29, 0.717) is 23.7 Å². The number of rotatable bonds is 5. The number of aromatic nitrogens is 2. The number of nitrogens with two attached hydrogens (primary N) is 1. The van der Waals surface area contributed by atoms with Crippen molar-refractivity contribution in [3.05, 3.63) is 42.0 Å². The van der Waals surface area contributed by atoms with Gasteiger partial charge in [0.15, 0.2) is 5.82 Å². The molecule has 8 heteroatoms. The van der Waals surface area contributed by atoms with Crippen molar-refractivity contribution in [2.75, 3.05) is 30.4 Å². The highest BCUT2D eigenvalue weighted by Gasteiger charge is 2.26. The van der Waals surface area contributed by atoms with Gasteiger partial charge in [-0.15, -0.1) is 10.2 Å². The van der Waals surface area contributed by atoms with E-state index in [1.165, 1.54) is 0 Å². The van der Waals surface area contributed by atoms with Crippen LogP contribution in [0.3, 0.4) is 0 Å². The van der Waals surface area contributed by atoms with Crippen LogP contribution in [0.4, 0.5) is 11.5 Å². The number of hydrogen-bond donors (Lipinski definition) is 2. The van der Waals surface area contributed by atoms with Gasteiger partial charge in [0.1, 0.15) is 0 Å². The van der Waals surface area contributed by atoms with Crippen molar-refractivity contribution < 1.29 is 14.3 Å². The van der Waals surface area contributed by atoms with Gasteiger partial charge in [-0.25, -0.2) is 0 Å². The van der Waals surface area contributed by atoms with E-state index in [1.54, 1.807) is 37.4 Å². The summed E-state index contributed by atoms with van der Waals surface area (Å²) < 4.78 is 5.02. The molecule has 1 atom stereocenters. The van der Waals surface area contributed by atoms with Crippen LogP contribution >= 0.6 is 0 Å². The molecule has 0 saturated carbocycles. The lowest BCUT2D eigenvalue weighted by Crippen LogP contribution is -2.41. The number of anilines is 2. The van der Waals surface area contributed by atoms with Gasteiger partial charge in [-0.2, -0.15) is 0 Å². The summed E-state index contributed by atoms with van der Waals surface area (Å²) in [4.78, 5) is 25.7. The predicted octanol–water partition coefficient (Wildman–Crippen LogP) is 1.44. The Morgan fingerprint density at radius 2 is 1.96 bits per heavy atom. The molecule has 1 saturated heterocycles.